The molecule has 0 unspecified atom stereocenters. The lowest BCUT2D eigenvalue weighted by molar-refractivity contribution is -0.159. The molecule has 1 saturated carbocycles. The maximum Gasteiger partial charge on any atom is 0.312 e. The summed E-state index contributed by atoms with van der Waals surface area (Å²) in [6.07, 6.45) is 3.23. The molecule has 1 aromatic carbocycles. The maximum atomic E-state index is 12.4. The number of hydrogen-bond donors (Lipinski definition) is 0. The second-order valence-corrected chi connectivity index (χ2v) is 7.24. The summed E-state index contributed by atoms with van der Waals surface area (Å²) in [5, 5.41) is 0. The van der Waals surface area contributed by atoms with Gasteiger partial charge >= 0.3 is 11.8 Å². The van der Waals surface area contributed by atoms with E-state index in [1.807, 2.05) is 36.4 Å². The zero-order valence-corrected chi connectivity index (χ0v) is 14.2. The summed E-state index contributed by atoms with van der Waals surface area (Å²) >= 11 is 1.40. The lowest BCUT2D eigenvalue weighted by Crippen LogP contribution is -2.58. The van der Waals surface area contributed by atoms with Crippen LogP contribution in [0.1, 0.15) is 24.1 Å². The maximum absolute atomic E-state index is 12.4. The summed E-state index contributed by atoms with van der Waals surface area (Å²) in [5.41, 5.74) is 1.99. The molecule has 0 bridgehead atoms. The van der Waals surface area contributed by atoms with Crippen molar-refractivity contribution < 1.29 is 9.59 Å². The van der Waals surface area contributed by atoms with Gasteiger partial charge in [0.05, 0.1) is 12.2 Å². The number of nitrogens with zero attached hydrogens (tertiary/aromatic N) is 3. The highest BCUT2D eigenvalue weighted by Crippen LogP contribution is 2.27. The molecule has 1 aromatic heterocycles. The molecule has 124 valence electrons. The number of aromatic nitrogens is 1. The standard InChI is InChI=1S/C18H19N3O2S/c22-17-18(23)21(14-7-4-8-14)10-9-20(17)12-15-11-16(19-24-15)13-5-2-1-3-6-13/h1-3,5-6,11,14H,4,7-10,12H2. The summed E-state index contributed by atoms with van der Waals surface area (Å²) in [6.45, 7) is 1.73. The van der Waals surface area contributed by atoms with E-state index < -0.39 is 0 Å². The second kappa shape index (κ2) is 6.36. The molecule has 2 amide bonds. The summed E-state index contributed by atoms with van der Waals surface area (Å²) in [5.74, 6) is -0.707. The van der Waals surface area contributed by atoms with E-state index in [1.165, 1.54) is 11.5 Å². The number of amides is 2. The summed E-state index contributed by atoms with van der Waals surface area (Å²) < 4.78 is 4.47. The monoisotopic (exact) mass is 341 g/mol. The van der Waals surface area contributed by atoms with Crippen molar-refractivity contribution in [1.29, 1.82) is 0 Å². The zero-order chi connectivity index (χ0) is 16.5. The first-order valence-electron chi connectivity index (χ1n) is 8.33. The van der Waals surface area contributed by atoms with Gasteiger partial charge in [0.15, 0.2) is 0 Å². The van der Waals surface area contributed by atoms with Crippen LogP contribution in [0.4, 0.5) is 0 Å². The van der Waals surface area contributed by atoms with Gasteiger partial charge < -0.3 is 9.80 Å². The number of piperazine rings is 1. The first kappa shape index (κ1) is 15.3. The van der Waals surface area contributed by atoms with Crippen molar-refractivity contribution in [3.05, 3.63) is 41.3 Å². The van der Waals surface area contributed by atoms with Gasteiger partial charge in [0.25, 0.3) is 0 Å². The van der Waals surface area contributed by atoms with E-state index in [0.29, 0.717) is 19.6 Å². The topological polar surface area (TPSA) is 53.5 Å². The van der Waals surface area contributed by atoms with Crippen LogP contribution >= 0.6 is 11.5 Å². The van der Waals surface area contributed by atoms with Crippen molar-refractivity contribution >= 4 is 23.3 Å². The van der Waals surface area contributed by atoms with Gasteiger partial charge in [0.2, 0.25) is 0 Å². The molecule has 24 heavy (non-hydrogen) atoms. The Morgan fingerprint density at radius 1 is 1.08 bits per heavy atom. The van der Waals surface area contributed by atoms with Crippen molar-refractivity contribution in [2.45, 2.75) is 31.8 Å². The third-order valence-electron chi connectivity index (χ3n) is 4.83. The molecule has 2 aliphatic rings. The fourth-order valence-electron chi connectivity index (χ4n) is 3.21. The van der Waals surface area contributed by atoms with Crippen LogP contribution in [0.2, 0.25) is 0 Å². The van der Waals surface area contributed by atoms with E-state index in [0.717, 1.165) is 35.4 Å². The molecule has 0 radical (unpaired) electrons. The molecule has 2 fully saturated rings. The molecule has 1 aliphatic carbocycles. The highest BCUT2D eigenvalue weighted by atomic mass is 32.1. The normalized spacial score (nSPS) is 18.8. The van der Waals surface area contributed by atoms with E-state index in [9.17, 15) is 9.59 Å². The van der Waals surface area contributed by atoms with Gasteiger partial charge in [-0.15, -0.1) is 0 Å². The van der Waals surface area contributed by atoms with E-state index in [1.54, 1.807) is 9.80 Å². The predicted octanol–water partition coefficient (Wildman–Crippen LogP) is 2.53. The highest BCUT2D eigenvalue weighted by Gasteiger charge is 2.38. The molecule has 2 heterocycles. The number of benzene rings is 1. The summed E-state index contributed by atoms with van der Waals surface area (Å²) in [4.78, 5) is 29.1. The molecule has 2 aromatic rings. The average molecular weight is 341 g/mol. The minimum absolute atomic E-state index is 0.289. The molecule has 6 heteroatoms. The Kier molecular flexibility index (Phi) is 4.06. The number of rotatable bonds is 4. The van der Waals surface area contributed by atoms with Crippen LogP contribution in [0.25, 0.3) is 11.3 Å². The van der Waals surface area contributed by atoms with Crippen LogP contribution in [0, 0.1) is 0 Å². The number of carbonyl (C=O) groups is 2. The Balaban J connectivity index is 1.43. The lowest BCUT2D eigenvalue weighted by atomic mass is 9.91. The number of carbonyl (C=O) groups excluding carboxylic acids is 2. The van der Waals surface area contributed by atoms with Crippen LogP contribution in [-0.2, 0) is 16.1 Å². The van der Waals surface area contributed by atoms with Gasteiger partial charge in [0, 0.05) is 29.6 Å². The van der Waals surface area contributed by atoms with Gasteiger partial charge in [-0.05, 0) is 36.9 Å². The van der Waals surface area contributed by atoms with Crippen LogP contribution in [0.5, 0.6) is 0 Å². The third-order valence-corrected chi connectivity index (χ3v) is 5.60. The Labute approximate surface area is 145 Å². The van der Waals surface area contributed by atoms with Gasteiger partial charge in [-0.3, -0.25) is 9.59 Å². The molecule has 0 N–H and O–H groups in total. The summed E-state index contributed by atoms with van der Waals surface area (Å²) in [6, 6.07) is 12.3. The highest BCUT2D eigenvalue weighted by molar-refractivity contribution is 7.06. The van der Waals surface area contributed by atoms with Crippen molar-refractivity contribution in [2.75, 3.05) is 13.1 Å². The number of hydrogen-bond acceptors (Lipinski definition) is 4. The molecular weight excluding hydrogens is 322 g/mol. The van der Waals surface area contributed by atoms with Crippen molar-refractivity contribution in [2.24, 2.45) is 0 Å². The Hall–Kier alpha value is -2.21. The Bertz CT molecular complexity index is 755. The van der Waals surface area contributed by atoms with Gasteiger partial charge in [0.1, 0.15) is 0 Å². The second-order valence-electron chi connectivity index (χ2n) is 6.35. The van der Waals surface area contributed by atoms with Crippen molar-refractivity contribution in [3.8, 4) is 11.3 Å². The minimum atomic E-state index is -0.372. The SMILES string of the molecule is O=C1C(=O)N(C2CCC2)CCN1Cc1cc(-c2ccccc2)ns1. The van der Waals surface area contributed by atoms with Crippen LogP contribution in [0.15, 0.2) is 36.4 Å². The fourth-order valence-corrected chi connectivity index (χ4v) is 3.96. The van der Waals surface area contributed by atoms with Crippen molar-refractivity contribution in [3.63, 3.8) is 0 Å². The first-order chi connectivity index (χ1) is 11.7. The van der Waals surface area contributed by atoms with Gasteiger partial charge in [-0.1, -0.05) is 30.3 Å². The molecule has 1 saturated heterocycles. The molecule has 4 rings (SSSR count). The largest absolute Gasteiger partial charge is 0.330 e. The third kappa shape index (κ3) is 2.82. The predicted molar refractivity (Wildman–Crippen MR) is 92.3 cm³/mol. The molecule has 0 spiro atoms. The fraction of sp³-hybridized carbons (Fsp3) is 0.389. The van der Waals surface area contributed by atoms with E-state index >= 15 is 0 Å². The van der Waals surface area contributed by atoms with Gasteiger partial charge in [-0.2, -0.15) is 4.37 Å². The smallest absolute Gasteiger partial charge is 0.312 e. The molecule has 1 aliphatic heterocycles. The lowest BCUT2D eigenvalue weighted by Gasteiger charge is -2.42. The van der Waals surface area contributed by atoms with E-state index in [2.05, 4.69) is 4.37 Å². The quantitative estimate of drug-likeness (QED) is 0.803. The van der Waals surface area contributed by atoms with E-state index in [4.69, 9.17) is 0 Å². The van der Waals surface area contributed by atoms with Crippen LogP contribution in [0.3, 0.4) is 0 Å². The van der Waals surface area contributed by atoms with Crippen LogP contribution in [-0.4, -0.2) is 45.1 Å². The minimum Gasteiger partial charge on any atom is -0.330 e. The summed E-state index contributed by atoms with van der Waals surface area (Å²) in [7, 11) is 0. The molecule has 0 atom stereocenters. The molecule has 5 nitrogen and oxygen atoms in total. The molecular formula is C18H19N3O2S. The van der Waals surface area contributed by atoms with E-state index in [-0.39, 0.29) is 17.9 Å². The Morgan fingerprint density at radius 2 is 1.88 bits per heavy atom. The van der Waals surface area contributed by atoms with Crippen molar-refractivity contribution in [1.82, 2.24) is 14.2 Å². The first-order valence-corrected chi connectivity index (χ1v) is 9.10. The average Bonchev–Trinajstić information content (AvgIpc) is 3.02. The Morgan fingerprint density at radius 3 is 2.58 bits per heavy atom. The van der Waals surface area contributed by atoms with Gasteiger partial charge in [-0.25, -0.2) is 0 Å². The zero-order valence-electron chi connectivity index (χ0n) is 13.4. The van der Waals surface area contributed by atoms with Crippen LogP contribution < -0.4 is 0 Å².